The van der Waals surface area contributed by atoms with Gasteiger partial charge in [-0.05, 0) is 55.3 Å². The zero-order valence-electron chi connectivity index (χ0n) is 21.6. The van der Waals surface area contributed by atoms with E-state index in [0.717, 1.165) is 11.8 Å². The minimum absolute atomic E-state index is 0.0156. The van der Waals surface area contributed by atoms with Gasteiger partial charge in [-0.2, -0.15) is 0 Å². The van der Waals surface area contributed by atoms with Gasteiger partial charge in [0.1, 0.15) is 21.7 Å². The lowest BCUT2D eigenvalue weighted by atomic mass is 10.1. The second-order valence-corrected chi connectivity index (χ2v) is 9.78. The zero-order valence-corrected chi connectivity index (χ0v) is 22.5. The quantitative estimate of drug-likeness (QED) is 0.455. The standard InChI is InChI=1S/C28H28N2O7S/c1-15(2)37-28(33)25-22-20(14-16-6-10-18(34-3)11-7-16)21(29)23(27(32)36-5)30(22)26(31)24(38-25)17-8-12-19(35-4)13-9-17/h6-15,24H,29H2,1-5H3/b20-14+/t24-/m1/s1. The number of aromatic nitrogens is 1. The molecule has 1 aromatic heterocycles. The number of carbonyl (C=O) groups is 3. The van der Waals surface area contributed by atoms with Crippen LogP contribution in [0.3, 0.4) is 0 Å². The van der Waals surface area contributed by atoms with E-state index in [4.69, 9.17) is 24.7 Å². The summed E-state index contributed by atoms with van der Waals surface area (Å²) in [4.78, 5) is 40.4. The molecule has 1 atom stereocenters. The van der Waals surface area contributed by atoms with Crippen LogP contribution in [0, 0.1) is 0 Å². The van der Waals surface area contributed by atoms with E-state index in [-0.39, 0.29) is 21.6 Å². The van der Waals surface area contributed by atoms with Gasteiger partial charge in [-0.1, -0.05) is 36.0 Å². The number of hydrogen-bond acceptors (Lipinski definition) is 9. The highest BCUT2D eigenvalue weighted by Crippen LogP contribution is 2.40. The Morgan fingerprint density at radius 3 is 2.05 bits per heavy atom. The Balaban J connectivity index is 2.05. The van der Waals surface area contributed by atoms with Crippen LogP contribution in [0.1, 0.15) is 45.5 Å². The SMILES string of the molecule is COC(=O)c1c(N)/c(=C\c2ccc(OC)cc2)c2n1C(=O)[C@@H](c1ccc(OC)cc1)SC=2C(=O)OC(C)C. The van der Waals surface area contributed by atoms with Crippen molar-refractivity contribution >= 4 is 46.3 Å². The highest BCUT2D eigenvalue weighted by Gasteiger charge is 2.38. The number of rotatable bonds is 7. The molecule has 0 saturated carbocycles. The smallest absolute Gasteiger partial charge is 0.357 e. The number of nitrogens with two attached hydrogens (primary N) is 1. The van der Waals surface area contributed by atoms with Crippen LogP contribution in [0.2, 0.25) is 0 Å². The van der Waals surface area contributed by atoms with Gasteiger partial charge in [0.25, 0.3) is 0 Å². The van der Waals surface area contributed by atoms with E-state index in [9.17, 15) is 14.4 Å². The van der Waals surface area contributed by atoms with Crippen LogP contribution in [0.25, 0.3) is 11.0 Å². The number of fused-ring (bicyclic) bond motifs is 1. The minimum atomic E-state index is -0.854. The molecule has 38 heavy (non-hydrogen) atoms. The predicted molar refractivity (Wildman–Crippen MR) is 145 cm³/mol. The number of benzene rings is 2. The van der Waals surface area contributed by atoms with Gasteiger partial charge in [0.05, 0.1) is 38.5 Å². The summed E-state index contributed by atoms with van der Waals surface area (Å²) in [6.45, 7) is 3.46. The third-order valence-corrected chi connectivity index (χ3v) is 7.20. The summed E-state index contributed by atoms with van der Waals surface area (Å²) in [5.74, 6) is -0.607. The average molecular weight is 537 g/mol. The van der Waals surface area contributed by atoms with Gasteiger partial charge in [0, 0.05) is 5.22 Å². The topological polar surface area (TPSA) is 119 Å². The van der Waals surface area contributed by atoms with Gasteiger partial charge >= 0.3 is 11.9 Å². The average Bonchev–Trinajstić information content (AvgIpc) is 3.20. The van der Waals surface area contributed by atoms with E-state index in [0.29, 0.717) is 27.8 Å². The molecule has 1 aliphatic heterocycles. The van der Waals surface area contributed by atoms with E-state index in [2.05, 4.69) is 0 Å². The molecule has 0 amide bonds. The molecule has 2 heterocycles. The summed E-state index contributed by atoms with van der Waals surface area (Å²) in [5.41, 5.74) is 7.69. The first-order valence-corrected chi connectivity index (χ1v) is 12.6. The number of thioether (sulfide) groups is 1. The number of nitrogen functional groups attached to an aromatic ring is 1. The van der Waals surface area contributed by atoms with Crippen molar-refractivity contribution in [3.05, 3.63) is 75.9 Å². The number of methoxy groups -OCH3 is 3. The Labute approximate surface area is 223 Å². The number of nitrogens with zero attached hydrogens (tertiary/aromatic N) is 1. The summed E-state index contributed by atoms with van der Waals surface area (Å²) >= 11 is 1.05. The van der Waals surface area contributed by atoms with Gasteiger partial charge in [0.2, 0.25) is 5.91 Å². The first kappa shape index (κ1) is 26.9. The predicted octanol–water partition coefficient (Wildman–Crippen LogP) is 2.89. The van der Waals surface area contributed by atoms with Crippen molar-refractivity contribution in [2.45, 2.75) is 25.2 Å². The lowest BCUT2D eigenvalue weighted by molar-refractivity contribution is -0.139. The molecule has 0 saturated heterocycles. The van der Waals surface area contributed by atoms with Crippen LogP contribution in [-0.2, 0) is 14.3 Å². The van der Waals surface area contributed by atoms with Crippen LogP contribution in [0.5, 0.6) is 11.5 Å². The third-order valence-electron chi connectivity index (χ3n) is 5.90. The summed E-state index contributed by atoms with van der Waals surface area (Å²) < 4.78 is 22.2. The van der Waals surface area contributed by atoms with Gasteiger partial charge < -0.3 is 24.7 Å². The van der Waals surface area contributed by atoms with E-state index < -0.39 is 29.2 Å². The molecule has 0 radical (unpaired) electrons. The molecule has 2 aromatic carbocycles. The summed E-state index contributed by atoms with van der Waals surface area (Å²) in [6, 6.07) is 14.0. The maximum absolute atomic E-state index is 14.0. The fraction of sp³-hybridized carbons (Fsp3) is 0.250. The Hall–Kier alpha value is -4.18. The lowest BCUT2D eigenvalue weighted by Crippen LogP contribution is -2.43. The molecular weight excluding hydrogens is 508 g/mol. The van der Waals surface area contributed by atoms with E-state index in [1.807, 2.05) is 0 Å². The zero-order chi connectivity index (χ0) is 27.6. The Bertz CT molecular complexity index is 1510. The molecule has 0 unspecified atom stereocenters. The van der Waals surface area contributed by atoms with Gasteiger partial charge in [0.15, 0.2) is 5.69 Å². The maximum Gasteiger partial charge on any atom is 0.357 e. The van der Waals surface area contributed by atoms with Gasteiger partial charge in [-0.15, -0.1) is 0 Å². The van der Waals surface area contributed by atoms with Crippen LogP contribution < -0.4 is 25.8 Å². The highest BCUT2D eigenvalue weighted by atomic mass is 32.2. The molecule has 1 aliphatic rings. The molecule has 0 aliphatic carbocycles. The summed E-state index contributed by atoms with van der Waals surface area (Å²) in [5, 5.41) is -0.336. The first-order chi connectivity index (χ1) is 18.2. The number of hydrogen-bond donors (Lipinski definition) is 1. The molecular formula is C28H28N2O7S. The van der Waals surface area contributed by atoms with Crippen molar-refractivity contribution in [2.24, 2.45) is 0 Å². The first-order valence-electron chi connectivity index (χ1n) is 11.7. The molecule has 198 valence electrons. The van der Waals surface area contributed by atoms with Crippen molar-refractivity contribution in [2.75, 3.05) is 27.1 Å². The molecule has 9 nitrogen and oxygen atoms in total. The fourth-order valence-electron chi connectivity index (χ4n) is 4.11. The van der Waals surface area contributed by atoms with Crippen molar-refractivity contribution in [3.8, 4) is 11.5 Å². The Morgan fingerprint density at radius 1 is 0.947 bits per heavy atom. The number of anilines is 1. The van der Waals surface area contributed by atoms with Crippen LogP contribution >= 0.6 is 11.8 Å². The molecule has 3 aromatic rings. The molecule has 0 bridgehead atoms. The molecule has 10 heteroatoms. The number of esters is 2. The molecule has 4 rings (SSSR count). The summed E-state index contributed by atoms with van der Waals surface area (Å²) in [7, 11) is 4.31. The second kappa shape index (κ2) is 11.1. The monoisotopic (exact) mass is 536 g/mol. The van der Waals surface area contributed by atoms with Crippen molar-refractivity contribution < 1.29 is 33.3 Å². The largest absolute Gasteiger partial charge is 0.497 e. The lowest BCUT2D eigenvalue weighted by Gasteiger charge is -2.24. The molecule has 0 fully saturated rings. The maximum atomic E-state index is 14.0. The van der Waals surface area contributed by atoms with E-state index >= 15 is 0 Å². The molecule has 2 N–H and O–H groups in total. The number of ether oxygens (including phenoxy) is 4. The van der Waals surface area contributed by atoms with Crippen molar-refractivity contribution in [3.63, 3.8) is 0 Å². The fourth-order valence-corrected chi connectivity index (χ4v) is 5.30. The highest BCUT2D eigenvalue weighted by molar-refractivity contribution is 8.10. The Kier molecular flexibility index (Phi) is 7.82. The van der Waals surface area contributed by atoms with E-state index in [1.165, 1.54) is 11.7 Å². The minimum Gasteiger partial charge on any atom is -0.497 e. The summed E-state index contributed by atoms with van der Waals surface area (Å²) in [6.07, 6.45) is 1.29. The molecule has 0 spiro atoms. The van der Waals surface area contributed by atoms with Crippen LogP contribution in [0.4, 0.5) is 5.69 Å². The Morgan fingerprint density at radius 2 is 1.53 bits per heavy atom. The van der Waals surface area contributed by atoms with Crippen molar-refractivity contribution in [1.29, 1.82) is 0 Å². The number of carbonyl (C=O) groups excluding carboxylic acids is 3. The van der Waals surface area contributed by atoms with Gasteiger partial charge in [-0.3, -0.25) is 9.36 Å². The van der Waals surface area contributed by atoms with E-state index in [1.54, 1.807) is 82.7 Å². The third kappa shape index (κ3) is 4.99. The second-order valence-electron chi connectivity index (χ2n) is 8.66. The normalized spacial score (nSPS) is 15.3. The van der Waals surface area contributed by atoms with Crippen LogP contribution in [-0.4, -0.2) is 49.8 Å². The van der Waals surface area contributed by atoms with Crippen molar-refractivity contribution in [1.82, 2.24) is 4.57 Å². The van der Waals surface area contributed by atoms with Gasteiger partial charge in [-0.25, -0.2) is 9.59 Å². The van der Waals surface area contributed by atoms with Crippen LogP contribution in [0.15, 0.2) is 48.5 Å².